The van der Waals surface area contributed by atoms with Crippen molar-refractivity contribution >= 4 is 33.9 Å². The Morgan fingerprint density at radius 3 is 3.00 bits per heavy atom. The van der Waals surface area contributed by atoms with Gasteiger partial charge in [0.05, 0.1) is 5.52 Å². The number of hydrogen-bond acceptors (Lipinski definition) is 1. The Labute approximate surface area is 85.1 Å². The van der Waals surface area contributed by atoms with Gasteiger partial charge in [-0.3, -0.25) is 0 Å². The molecule has 0 spiro atoms. The van der Waals surface area contributed by atoms with Crippen LogP contribution in [0.15, 0.2) is 24.4 Å². The summed E-state index contributed by atoms with van der Waals surface area (Å²) in [6, 6.07) is 4.90. The third-order valence-corrected chi connectivity index (χ3v) is 1.98. The molecule has 2 aromatic rings. The van der Waals surface area contributed by atoms with Gasteiger partial charge in [0.25, 0.3) is 0 Å². The fraction of sp³-hybridized carbons (Fsp3) is 0. The van der Waals surface area contributed by atoms with Crippen molar-refractivity contribution < 1.29 is 4.39 Å². The number of benzene rings is 1. The highest BCUT2D eigenvalue weighted by Gasteiger charge is 2.04. The summed E-state index contributed by atoms with van der Waals surface area (Å²) < 4.78 is 13.4. The Kier molecular flexibility index (Phi) is 2.09. The van der Waals surface area contributed by atoms with E-state index in [1.807, 2.05) is 0 Å². The molecule has 5 heteroatoms. The van der Waals surface area contributed by atoms with Gasteiger partial charge in [-0.05, 0) is 30.4 Å². The predicted molar refractivity (Wildman–Crippen MR) is 58.7 cm³/mol. The SMILES string of the molecule is NC(=S)Nc1cc(F)c2[nH]ccc2c1. The molecule has 0 saturated heterocycles. The molecule has 1 aromatic heterocycles. The van der Waals surface area contributed by atoms with E-state index in [-0.39, 0.29) is 10.9 Å². The molecule has 0 amide bonds. The van der Waals surface area contributed by atoms with E-state index in [4.69, 9.17) is 5.73 Å². The van der Waals surface area contributed by atoms with Crippen molar-refractivity contribution in [2.75, 3.05) is 5.32 Å². The fourth-order valence-electron chi connectivity index (χ4n) is 1.34. The number of rotatable bonds is 1. The summed E-state index contributed by atoms with van der Waals surface area (Å²) in [5.41, 5.74) is 6.33. The number of hydrogen-bond donors (Lipinski definition) is 3. The molecule has 0 atom stereocenters. The first kappa shape index (κ1) is 8.96. The summed E-state index contributed by atoms with van der Waals surface area (Å²) in [6.07, 6.45) is 1.68. The minimum Gasteiger partial charge on any atom is -0.376 e. The molecule has 4 N–H and O–H groups in total. The first-order valence-corrected chi connectivity index (χ1v) is 4.41. The first-order chi connectivity index (χ1) is 6.66. The van der Waals surface area contributed by atoms with Gasteiger partial charge in [-0.1, -0.05) is 0 Å². The Bertz CT molecular complexity index is 492. The van der Waals surface area contributed by atoms with Crippen LogP contribution in [0.2, 0.25) is 0 Å². The molecular formula is C9H8FN3S. The smallest absolute Gasteiger partial charge is 0.168 e. The molecule has 0 radical (unpaired) electrons. The van der Waals surface area contributed by atoms with Crippen LogP contribution in [0.5, 0.6) is 0 Å². The van der Waals surface area contributed by atoms with Crippen molar-refractivity contribution in [3.05, 3.63) is 30.2 Å². The van der Waals surface area contributed by atoms with Crippen LogP contribution in [0.4, 0.5) is 10.1 Å². The van der Waals surface area contributed by atoms with Crippen molar-refractivity contribution in [2.24, 2.45) is 5.73 Å². The van der Waals surface area contributed by atoms with Crippen LogP contribution in [0, 0.1) is 5.82 Å². The second kappa shape index (κ2) is 3.26. The number of H-pyrrole nitrogens is 1. The molecule has 3 nitrogen and oxygen atoms in total. The predicted octanol–water partition coefficient (Wildman–Crippen LogP) is 1.96. The Hall–Kier alpha value is -1.62. The fourth-order valence-corrected chi connectivity index (χ4v) is 1.46. The highest BCUT2D eigenvalue weighted by Crippen LogP contribution is 2.21. The van der Waals surface area contributed by atoms with Gasteiger partial charge in [-0.25, -0.2) is 4.39 Å². The van der Waals surface area contributed by atoms with Crippen LogP contribution < -0.4 is 11.1 Å². The normalized spacial score (nSPS) is 10.4. The lowest BCUT2D eigenvalue weighted by Crippen LogP contribution is -2.18. The number of nitrogens with two attached hydrogens (primary N) is 1. The molecule has 0 bridgehead atoms. The number of aromatic nitrogens is 1. The van der Waals surface area contributed by atoms with Crippen molar-refractivity contribution in [2.45, 2.75) is 0 Å². The molecule has 0 saturated carbocycles. The number of halogens is 1. The number of nitrogens with one attached hydrogen (secondary N) is 2. The Morgan fingerprint density at radius 1 is 1.50 bits per heavy atom. The molecule has 1 heterocycles. The Balaban J connectivity index is 2.53. The lowest BCUT2D eigenvalue weighted by atomic mass is 10.2. The zero-order valence-electron chi connectivity index (χ0n) is 7.17. The van der Waals surface area contributed by atoms with Gasteiger partial charge in [-0.2, -0.15) is 0 Å². The van der Waals surface area contributed by atoms with Crippen molar-refractivity contribution in [3.63, 3.8) is 0 Å². The summed E-state index contributed by atoms with van der Waals surface area (Å²) in [5, 5.41) is 3.59. The molecular weight excluding hydrogens is 201 g/mol. The van der Waals surface area contributed by atoms with Crippen LogP contribution in [0.1, 0.15) is 0 Å². The molecule has 0 aliphatic rings. The minimum atomic E-state index is -0.328. The molecule has 1 aromatic carbocycles. The number of anilines is 1. The molecule has 0 aliphatic heterocycles. The van der Waals surface area contributed by atoms with Gasteiger partial charge in [0.2, 0.25) is 0 Å². The van der Waals surface area contributed by atoms with Crippen LogP contribution in [-0.4, -0.2) is 10.1 Å². The first-order valence-electron chi connectivity index (χ1n) is 4.00. The summed E-state index contributed by atoms with van der Waals surface area (Å²) >= 11 is 4.66. The van der Waals surface area contributed by atoms with Gasteiger partial charge < -0.3 is 16.0 Å². The van der Waals surface area contributed by atoms with E-state index < -0.39 is 0 Å². The quantitative estimate of drug-likeness (QED) is 0.629. The third-order valence-electron chi connectivity index (χ3n) is 1.88. The number of fused-ring (bicyclic) bond motifs is 1. The lowest BCUT2D eigenvalue weighted by Gasteiger charge is -2.04. The molecule has 0 unspecified atom stereocenters. The van der Waals surface area contributed by atoms with E-state index in [0.29, 0.717) is 11.2 Å². The van der Waals surface area contributed by atoms with Gasteiger partial charge in [-0.15, -0.1) is 0 Å². The monoisotopic (exact) mass is 209 g/mol. The van der Waals surface area contributed by atoms with Gasteiger partial charge in [0, 0.05) is 17.3 Å². The standard InChI is InChI=1S/C9H8FN3S/c10-7-4-6(13-9(11)14)3-5-1-2-12-8(5)7/h1-4,12H,(H3,11,13,14). The zero-order chi connectivity index (χ0) is 10.1. The average Bonchev–Trinajstić information content (AvgIpc) is 2.50. The topological polar surface area (TPSA) is 53.8 Å². The minimum absolute atomic E-state index is 0.124. The third kappa shape index (κ3) is 1.54. The number of aromatic amines is 1. The van der Waals surface area contributed by atoms with E-state index in [0.717, 1.165) is 5.39 Å². The Morgan fingerprint density at radius 2 is 2.29 bits per heavy atom. The van der Waals surface area contributed by atoms with E-state index >= 15 is 0 Å². The maximum absolute atomic E-state index is 13.4. The van der Waals surface area contributed by atoms with Crippen molar-refractivity contribution in [1.29, 1.82) is 0 Å². The maximum Gasteiger partial charge on any atom is 0.168 e. The largest absolute Gasteiger partial charge is 0.376 e. The summed E-state index contributed by atoms with van der Waals surface area (Å²) in [5.74, 6) is -0.328. The van der Waals surface area contributed by atoms with E-state index in [9.17, 15) is 4.39 Å². The highest BCUT2D eigenvalue weighted by atomic mass is 32.1. The van der Waals surface area contributed by atoms with Crippen molar-refractivity contribution in [1.82, 2.24) is 4.98 Å². The summed E-state index contributed by atoms with van der Waals surface area (Å²) in [7, 11) is 0. The molecule has 0 fully saturated rings. The lowest BCUT2D eigenvalue weighted by molar-refractivity contribution is 0.638. The number of thiocarbonyl (C=S) groups is 1. The van der Waals surface area contributed by atoms with E-state index in [2.05, 4.69) is 22.5 Å². The van der Waals surface area contributed by atoms with E-state index in [1.54, 1.807) is 18.3 Å². The summed E-state index contributed by atoms with van der Waals surface area (Å²) in [6.45, 7) is 0. The van der Waals surface area contributed by atoms with Gasteiger partial charge in [0.1, 0.15) is 5.82 Å². The summed E-state index contributed by atoms with van der Waals surface area (Å²) in [4.78, 5) is 2.80. The van der Waals surface area contributed by atoms with Crippen LogP contribution >= 0.6 is 12.2 Å². The van der Waals surface area contributed by atoms with Crippen LogP contribution in [0.25, 0.3) is 10.9 Å². The zero-order valence-corrected chi connectivity index (χ0v) is 7.99. The second-order valence-corrected chi connectivity index (χ2v) is 3.33. The van der Waals surface area contributed by atoms with Crippen LogP contribution in [0.3, 0.4) is 0 Å². The van der Waals surface area contributed by atoms with Gasteiger partial charge in [0.15, 0.2) is 5.11 Å². The molecule has 2 rings (SSSR count). The average molecular weight is 209 g/mol. The maximum atomic E-state index is 13.4. The van der Waals surface area contributed by atoms with Gasteiger partial charge >= 0.3 is 0 Å². The van der Waals surface area contributed by atoms with Crippen LogP contribution in [-0.2, 0) is 0 Å². The van der Waals surface area contributed by atoms with Crippen molar-refractivity contribution in [3.8, 4) is 0 Å². The molecule has 0 aliphatic carbocycles. The molecule has 72 valence electrons. The second-order valence-electron chi connectivity index (χ2n) is 2.89. The molecule has 14 heavy (non-hydrogen) atoms. The van der Waals surface area contributed by atoms with E-state index in [1.165, 1.54) is 6.07 Å². The highest BCUT2D eigenvalue weighted by molar-refractivity contribution is 7.80.